The standard InChI is InChI=1S/C14H13F3N2O3/c1-18-10(11(20)19(2)13(22)12(18)21)7-8-3-5-9(6-4-8)14(15,16)17/h3-6,10H,7H2,1-2H3. The van der Waals surface area contributed by atoms with Crippen LogP contribution in [0.2, 0.25) is 0 Å². The largest absolute Gasteiger partial charge is 0.416 e. The van der Waals surface area contributed by atoms with Crippen LogP contribution in [0.15, 0.2) is 24.3 Å². The van der Waals surface area contributed by atoms with Crippen LogP contribution in [0.25, 0.3) is 0 Å². The first-order chi connectivity index (χ1) is 10.1. The van der Waals surface area contributed by atoms with Gasteiger partial charge in [0.25, 0.3) is 5.91 Å². The van der Waals surface area contributed by atoms with E-state index >= 15 is 0 Å². The number of halogens is 3. The number of piperazine rings is 1. The molecule has 1 aliphatic heterocycles. The molecule has 1 heterocycles. The molecule has 0 aliphatic carbocycles. The van der Waals surface area contributed by atoms with Crippen molar-refractivity contribution in [3.05, 3.63) is 35.4 Å². The Balaban J connectivity index is 2.21. The van der Waals surface area contributed by atoms with Crippen molar-refractivity contribution in [2.75, 3.05) is 14.1 Å². The maximum absolute atomic E-state index is 12.5. The van der Waals surface area contributed by atoms with Gasteiger partial charge in [-0.3, -0.25) is 19.3 Å². The molecule has 118 valence electrons. The predicted octanol–water partition coefficient (Wildman–Crippen LogP) is 1.07. The molecule has 3 amide bonds. The van der Waals surface area contributed by atoms with Gasteiger partial charge in [-0.1, -0.05) is 12.1 Å². The van der Waals surface area contributed by atoms with Crippen molar-refractivity contribution in [3.8, 4) is 0 Å². The summed E-state index contributed by atoms with van der Waals surface area (Å²) in [5.74, 6) is -2.30. The molecule has 0 bridgehead atoms. The van der Waals surface area contributed by atoms with E-state index in [4.69, 9.17) is 0 Å². The molecule has 1 fully saturated rings. The number of hydrogen-bond donors (Lipinski definition) is 0. The third-order valence-corrected chi connectivity index (χ3v) is 3.60. The lowest BCUT2D eigenvalue weighted by molar-refractivity contribution is -0.165. The van der Waals surface area contributed by atoms with Gasteiger partial charge in [0.1, 0.15) is 6.04 Å². The molecule has 5 nitrogen and oxygen atoms in total. The first kappa shape index (κ1) is 16.0. The molecule has 0 spiro atoms. The van der Waals surface area contributed by atoms with Crippen LogP contribution in [-0.2, 0) is 27.0 Å². The lowest BCUT2D eigenvalue weighted by Crippen LogP contribution is -2.60. The van der Waals surface area contributed by atoms with Gasteiger partial charge >= 0.3 is 18.0 Å². The maximum Gasteiger partial charge on any atom is 0.416 e. The lowest BCUT2D eigenvalue weighted by atomic mass is 10.0. The Morgan fingerprint density at radius 1 is 1.00 bits per heavy atom. The monoisotopic (exact) mass is 314 g/mol. The molecule has 1 aromatic rings. The van der Waals surface area contributed by atoms with Gasteiger partial charge in [0, 0.05) is 20.5 Å². The van der Waals surface area contributed by atoms with E-state index < -0.39 is 35.5 Å². The van der Waals surface area contributed by atoms with E-state index in [0.717, 1.165) is 21.9 Å². The van der Waals surface area contributed by atoms with Gasteiger partial charge in [0.2, 0.25) is 0 Å². The average molecular weight is 314 g/mol. The Morgan fingerprint density at radius 3 is 2.05 bits per heavy atom. The number of benzene rings is 1. The van der Waals surface area contributed by atoms with Crippen LogP contribution >= 0.6 is 0 Å². The molecule has 0 N–H and O–H groups in total. The normalized spacial score (nSPS) is 19.9. The molecule has 1 atom stereocenters. The SMILES string of the molecule is CN1C(=O)C(=O)N(C)C(Cc2ccc(C(F)(F)F)cc2)C1=O. The highest BCUT2D eigenvalue weighted by Gasteiger charge is 2.41. The summed E-state index contributed by atoms with van der Waals surface area (Å²) in [4.78, 5) is 37.0. The van der Waals surface area contributed by atoms with Crippen molar-refractivity contribution in [1.29, 1.82) is 0 Å². The van der Waals surface area contributed by atoms with E-state index in [0.29, 0.717) is 5.56 Å². The second-order valence-corrected chi connectivity index (χ2v) is 5.03. The van der Waals surface area contributed by atoms with Crippen LogP contribution in [0.1, 0.15) is 11.1 Å². The topological polar surface area (TPSA) is 57.7 Å². The highest BCUT2D eigenvalue weighted by atomic mass is 19.4. The van der Waals surface area contributed by atoms with E-state index in [1.165, 1.54) is 26.2 Å². The maximum atomic E-state index is 12.5. The summed E-state index contributed by atoms with van der Waals surface area (Å²) in [6.07, 6.45) is -4.39. The first-order valence-electron chi connectivity index (χ1n) is 6.37. The number of alkyl halides is 3. The summed E-state index contributed by atoms with van der Waals surface area (Å²) in [6, 6.07) is 3.43. The van der Waals surface area contributed by atoms with Gasteiger partial charge in [-0.05, 0) is 17.7 Å². The van der Waals surface area contributed by atoms with Crippen LogP contribution < -0.4 is 0 Å². The number of nitrogens with zero attached hydrogens (tertiary/aromatic N) is 2. The Kier molecular flexibility index (Phi) is 3.95. The zero-order valence-electron chi connectivity index (χ0n) is 11.8. The number of rotatable bonds is 2. The fraction of sp³-hybridized carbons (Fsp3) is 0.357. The molecule has 0 radical (unpaired) electrons. The summed E-state index contributed by atoms with van der Waals surface area (Å²) in [7, 11) is 2.52. The molecule has 22 heavy (non-hydrogen) atoms. The quantitative estimate of drug-likeness (QED) is 0.606. The fourth-order valence-electron chi connectivity index (χ4n) is 2.20. The minimum absolute atomic E-state index is 0.0385. The van der Waals surface area contributed by atoms with Crippen molar-refractivity contribution in [3.63, 3.8) is 0 Å². The third kappa shape index (κ3) is 2.81. The first-order valence-corrected chi connectivity index (χ1v) is 6.37. The van der Waals surface area contributed by atoms with E-state index in [1.807, 2.05) is 0 Å². The van der Waals surface area contributed by atoms with Gasteiger partial charge in [-0.15, -0.1) is 0 Å². The van der Waals surface area contributed by atoms with Crippen molar-refractivity contribution < 1.29 is 27.6 Å². The summed E-state index contributed by atoms with van der Waals surface area (Å²) in [6.45, 7) is 0. The molecular formula is C14H13F3N2O3. The fourth-order valence-corrected chi connectivity index (χ4v) is 2.20. The van der Waals surface area contributed by atoms with Crippen molar-refractivity contribution in [1.82, 2.24) is 9.80 Å². The lowest BCUT2D eigenvalue weighted by Gasteiger charge is -2.34. The van der Waals surface area contributed by atoms with E-state index in [9.17, 15) is 27.6 Å². The highest BCUT2D eigenvalue weighted by Crippen LogP contribution is 2.29. The molecule has 1 saturated heterocycles. The second kappa shape index (κ2) is 5.43. The number of hydrogen-bond acceptors (Lipinski definition) is 3. The van der Waals surface area contributed by atoms with E-state index in [2.05, 4.69) is 0 Å². The molecule has 1 aromatic carbocycles. The number of imide groups is 1. The number of carbonyl (C=O) groups excluding carboxylic acids is 3. The van der Waals surface area contributed by atoms with Gasteiger partial charge in [0.15, 0.2) is 0 Å². The van der Waals surface area contributed by atoms with Crippen molar-refractivity contribution in [2.24, 2.45) is 0 Å². The molecule has 1 unspecified atom stereocenters. The summed E-state index contributed by atoms with van der Waals surface area (Å²) in [5, 5.41) is 0. The molecule has 0 aromatic heterocycles. The number of likely N-dealkylation sites (N-methyl/N-ethyl adjacent to an activating group) is 2. The number of carbonyl (C=O) groups is 3. The van der Waals surface area contributed by atoms with Gasteiger partial charge < -0.3 is 4.90 Å². The van der Waals surface area contributed by atoms with Gasteiger partial charge in [-0.25, -0.2) is 0 Å². The van der Waals surface area contributed by atoms with E-state index in [-0.39, 0.29) is 6.42 Å². The van der Waals surface area contributed by atoms with Crippen LogP contribution in [0.3, 0.4) is 0 Å². The van der Waals surface area contributed by atoms with Crippen LogP contribution in [0.4, 0.5) is 13.2 Å². The molecule has 0 saturated carbocycles. The van der Waals surface area contributed by atoms with Crippen molar-refractivity contribution in [2.45, 2.75) is 18.6 Å². The van der Waals surface area contributed by atoms with Crippen LogP contribution in [0.5, 0.6) is 0 Å². The summed E-state index contributed by atoms with van der Waals surface area (Å²) >= 11 is 0. The highest BCUT2D eigenvalue weighted by molar-refractivity contribution is 6.39. The minimum Gasteiger partial charge on any atom is -0.325 e. The van der Waals surface area contributed by atoms with E-state index in [1.54, 1.807) is 0 Å². The van der Waals surface area contributed by atoms with Gasteiger partial charge in [-0.2, -0.15) is 13.2 Å². The Hall–Kier alpha value is -2.38. The summed E-state index contributed by atoms with van der Waals surface area (Å²) < 4.78 is 37.5. The Morgan fingerprint density at radius 2 is 1.55 bits per heavy atom. The molecule has 1 aliphatic rings. The second-order valence-electron chi connectivity index (χ2n) is 5.03. The van der Waals surface area contributed by atoms with Gasteiger partial charge in [0.05, 0.1) is 5.56 Å². The summed E-state index contributed by atoms with van der Waals surface area (Å²) in [5.41, 5.74) is -0.323. The van der Waals surface area contributed by atoms with Crippen LogP contribution in [0, 0.1) is 0 Å². The Bertz CT molecular complexity index is 625. The van der Waals surface area contributed by atoms with Crippen LogP contribution in [-0.4, -0.2) is 47.7 Å². The molecule has 2 rings (SSSR count). The zero-order valence-corrected chi connectivity index (χ0v) is 11.8. The average Bonchev–Trinajstić information content (AvgIpc) is 2.47. The molecular weight excluding hydrogens is 301 g/mol. The zero-order chi connectivity index (χ0) is 16.7. The van der Waals surface area contributed by atoms with Crippen molar-refractivity contribution >= 4 is 17.7 Å². The molecule has 8 heteroatoms. The number of amides is 3. The third-order valence-electron chi connectivity index (χ3n) is 3.60. The Labute approximate surface area is 124 Å². The predicted molar refractivity (Wildman–Crippen MR) is 69.5 cm³/mol. The smallest absolute Gasteiger partial charge is 0.325 e. The minimum atomic E-state index is -4.43.